The van der Waals surface area contributed by atoms with Gasteiger partial charge in [0.25, 0.3) is 0 Å². The maximum absolute atomic E-state index is 6.05. The summed E-state index contributed by atoms with van der Waals surface area (Å²) in [6.07, 6.45) is 13.8. The zero-order chi connectivity index (χ0) is 17.5. The van der Waals surface area contributed by atoms with Crippen LogP contribution in [0.15, 0.2) is 12.3 Å². The van der Waals surface area contributed by atoms with Gasteiger partial charge < -0.3 is 10.6 Å². The van der Waals surface area contributed by atoms with Gasteiger partial charge in [0.1, 0.15) is 5.82 Å². The van der Waals surface area contributed by atoms with E-state index in [1.807, 2.05) is 6.20 Å². The number of aromatic nitrogens is 2. The van der Waals surface area contributed by atoms with Crippen molar-refractivity contribution in [2.24, 2.45) is 5.73 Å². The smallest absolute Gasteiger partial charge is 0.331 e. The predicted molar refractivity (Wildman–Crippen MR) is 106 cm³/mol. The SMILES string of the molecule is CC[N+](CCN)(c1nccc(N2CCCCCC2)n1)C1CCCCC1. The number of likely N-dealkylation sites (N-methyl/N-ethyl adjacent to an activating group) is 1. The molecule has 0 bridgehead atoms. The van der Waals surface area contributed by atoms with Crippen molar-refractivity contribution >= 4 is 11.8 Å². The molecule has 140 valence electrons. The predicted octanol–water partition coefficient (Wildman–Crippen LogP) is 3.48. The average Bonchev–Trinajstić information content (AvgIpc) is 2.96. The molecule has 25 heavy (non-hydrogen) atoms. The van der Waals surface area contributed by atoms with Crippen LogP contribution in [0, 0.1) is 0 Å². The van der Waals surface area contributed by atoms with Crippen LogP contribution in [-0.2, 0) is 0 Å². The third-order valence-electron chi connectivity index (χ3n) is 6.32. The molecule has 1 saturated carbocycles. The highest BCUT2D eigenvalue weighted by molar-refractivity contribution is 5.43. The van der Waals surface area contributed by atoms with Gasteiger partial charge >= 0.3 is 5.95 Å². The summed E-state index contributed by atoms with van der Waals surface area (Å²) in [4.78, 5) is 12.3. The van der Waals surface area contributed by atoms with Crippen molar-refractivity contribution in [2.75, 3.05) is 37.6 Å². The summed E-state index contributed by atoms with van der Waals surface area (Å²) in [5.74, 6) is 2.12. The Morgan fingerprint density at radius 2 is 1.76 bits per heavy atom. The Kier molecular flexibility index (Phi) is 6.65. The van der Waals surface area contributed by atoms with Crippen LogP contribution in [0.4, 0.5) is 11.8 Å². The third-order valence-corrected chi connectivity index (χ3v) is 6.32. The summed E-state index contributed by atoms with van der Waals surface area (Å²) in [5.41, 5.74) is 6.05. The summed E-state index contributed by atoms with van der Waals surface area (Å²) in [6.45, 7) is 7.22. The molecule has 0 spiro atoms. The maximum atomic E-state index is 6.05. The van der Waals surface area contributed by atoms with Crippen LogP contribution in [0.1, 0.15) is 64.7 Å². The van der Waals surface area contributed by atoms with Crippen molar-refractivity contribution < 1.29 is 0 Å². The van der Waals surface area contributed by atoms with E-state index in [2.05, 4.69) is 17.9 Å². The lowest BCUT2D eigenvalue weighted by Gasteiger charge is -2.43. The van der Waals surface area contributed by atoms with Crippen molar-refractivity contribution in [3.8, 4) is 0 Å². The zero-order valence-corrected chi connectivity index (χ0v) is 16.0. The maximum Gasteiger partial charge on any atom is 0.331 e. The molecule has 2 fully saturated rings. The number of nitrogens with zero attached hydrogens (tertiary/aromatic N) is 4. The van der Waals surface area contributed by atoms with Crippen LogP contribution in [-0.4, -0.2) is 48.7 Å². The summed E-state index contributed by atoms with van der Waals surface area (Å²) in [6, 6.07) is 2.73. The number of nitrogens with two attached hydrogens (primary N) is 1. The zero-order valence-electron chi connectivity index (χ0n) is 16.0. The van der Waals surface area contributed by atoms with Gasteiger partial charge in [0.05, 0.1) is 19.1 Å². The lowest BCUT2D eigenvalue weighted by atomic mass is 9.92. The minimum atomic E-state index is 0.627. The minimum Gasteiger partial charge on any atom is -0.356 e. The van der Waals surface area contributed by atoms with Gasteiger partial charge in [-0.05, 0) is 51.5 Å². The van der Waals surface area contributed by atoms with Gasteiger partial charge in [-0.1, -0.05) is 19.3 Å². The minimum absolute atomic E-state index is 0.627. The molecule has 1 saturated heterocycles. The first kappa shape index (κ1) is 18.6. The van der Waals surface area contributed by atoms with E-state index in [1.165, 1.54) is 57.8 Å². The van der Waals surface area contributed by atoms with Crippen molar-refractivity contribution in [1.82, 2.24) is 14.5 Å². The Morgan fingerprint density at radius 3 is 2.40 bits per heavy atom. The summed E-state index contributed by atoms with van der Waals surface area (Å²) >= 11 is 0. The molecular weight excluding hydrogens is 310 g/mol. The van der Waals surface area contributed by atoms with E-state index in [1.54, 1.807) is 0 Å². The molecule has 1 atom stereocenters. The second kappa shape index (κ2) is 8.95. The van der Waals surface area contributed by atoms with Crippen LogP contribution in [0.2, 0.25) is 0 Å². The van der Waals surface area contributed by atoms with Gasteiger partial charge in [-0.3, -0.25) is 4.48 Å². The Hall–Kier alpha value is -1.20. The monoisotopic (exact) mass is 346 g/mol. The average molecular weight is 347 g/mol. The first-order chi connectivity index (χ1) is 12.3. The van der Waals surface area contributed by atoms with Crippen LogP contribution >= 0.6 is 0 Å². The van der Waals surface area contributed by atoms with E-state index in [4.69, 9.17) is 15.7 Å². The standard InChI is InChI=1S/C20H36N5/c1-2-25(17-13-21,18-10-6-5-7-11-18)20-22-14-12-19(23-20)24-15-8-3-4-9-16-24/h12,14,18H,2-11,13,15-17,21H2,1H3/q+1. The molecule has 1 aromatic rings. The van der Waals surface area contributed by atoms with Crippen LogP contribution in [0.5, 0.6) is 0 Å². The Bertz CT molecular complexity index is 521. The van der Waals surface area contributed by atoms with Crippen LogP contribution in [0.3, 0.4) is 0 Å². The fourth-order valence-electron chi connectivity index (χ4n) is 4.84. The molecule has 5 nitrogen and oxygen atoms in total. The molecule has 3 rings (SSSR count). The molecule has 0 amide bonds. The molecule has 1 aliphatic carbocycles. The van der Waals surface area contributed by atoms with Gasteiger partial charge in [-0.15, -0.1) is 0 Å². The largest absolute Gasteiger partial charge is 0.356 e. The molecular formula is C20H36N5+. The van der Waals surface area contributed by atoms with Crippen molar-refractivity contribution in [3.63, 3.8) is 0 Å². The van der Waals surface area contributed by atoms with Gasteiger partial charge in [-0.2, -0.15) is 9.97 Å². The fourth-order valence-corrected chi connectivity index (χ4v) is 4.84. The van der Waals surface area contributed by atoms with E-state index < -0.39 is 0 Å². The van der Waals surface area contributed by atoms with Crippen molar-refractivity contribution in [1.29, 1.82) is 0 Å². The summed E-state index contributed by atoms with van der Waals surface area (Å²) < 4.78 is 0.873. The van der Waals surface area contributed by atoms with E-state index in [-0.39, 0.29) is 0 Å². The van der Waals surface area contributed by atoms with E-state index in [0.717, 1.165) is 42.4 Å². The first-order valence-electron chi connectivity index (χ1n) is 10.5. The lowest BCUT2D eigenvalue weighted by molar-refractivity contribution is 0.161. The number of anilines is 1. The van der Waals surface area contributed by atoms with Crippen LogP contribution < -0.4 is 15.1 Å². The highest BCUT2D eigenvalue weighted by atomic mass is 15.5. The fraction of sp³-hybridized carbons (Fsp3) is 0.800. The Labute approximate surface area is 153 Å². The first-order valence-corrected chi connectivity index (χ1v) is 10.5. The molecule has 1 unspecified atom stereocenters. The van der Waals surface area contributed by atoms with E-state index in [9.17, 15) is 0 Å². The third kappa shape index (κ3) is 4.14. The van der Waals surface area contributed by atoms with Gasteiger partial charge in [-0.25, -0.2) is 0 Å². The highest BCUT2D eigenvalue weighted by Crippen LogP contribution is 2.33. The highest BCUT2D eigenvalue weighted by Gasteiger charge is 2.40. The lowest BCUT2D eigenvalue weighted by Crippen LogP contribution is -2.60. The number of quaternary nitrogens is 1. The molecule has 1 aliphatic heterocycles. The Morgan fingerprint density at radius 1 is 1.08 bits per heavy atom. The molecule has 1 aromatic heterocycles. The molecule has 2 aliphatic rings. The molecule has 0 aromatic carbocycles. The second-order valence-corrected chi connectivity index (χ2v) is 7.77. The molecule has 5 heteroatoms. The van der Waals surface area contributed by atoms with Gasteiger partial charge in [0, 0.05) is 25.8 Å². The normalized spacial score (nSPS) is 22.4. The van der Waals surface area contributed by atoms with Gasteiger partial charge in [0.2, 0.25) is 0 Å². The topological polar surface area (TPSA) is 55.0 Å². The number of hydrogen-bond acceptors (Lipinski definition) is 4. The number of hydrogen-bond donors (Lipinski definition) is 1. The van der Waals surface area contributed by atoms with Crippen molar-refractivity contribution in [3.05, 3.63) is 12.3 Å². The molecule has 2 heterocycles. The van der Waals surface area contributed by atoms with Crippen LogP contribution in [0.25, 0.3) is 0 Å². The summed E-state index contributed by atoms with van der Waals surface area (Å²) in [7, 11) is 0. The Balaban J connectivity index is 1.90. The van der Waals surface area contributed by atoms with Crippen molar-refractivity contribution in [2.45, 2.75) is 70.8 Å². The van der Waals surface area contributed by atoms with E-state index >= 15 is 0 Å². The molecule has 0 radical (unpaired) electrons. The second-order valence-electron chi connectivity index (χ2n) is 7.77. The summed E-state index contributed by atoms with van der Waals surface area (Å²) in [5, 5.41) is 0. The van der Waals surface area contributed by atoms with Gasteiger partial charge in [0.15, 0.2) is 0 Å². The molecule has 2 N–H and O–H groups in total. The van der Waals surface area contributed by atoms with E-state index in [0.29, 0.717) is 12.6 Å². The quantitative estimate of drug-likeness (QED) is 0.801. The number of rotatable bonds is 6.